The Morgan fingerprint density at radius 1 is 1.37 bits per heavy atom. The van der Waals surface area contributed by atoms with Crippen LogP contribution in [-0.4, -0.2) is 25.3 Å². The summed E-state index contributed by atoms with van der Waals surface area (Å²) in [7, 11) is -3.38. The van der Waals surface area contributed by atoms with Gasteiger partial charge in [0.1, 0.15) is 0 Å². The van der Waals surface area contributed by atoms with E-state index in [2.05, 4.69) is 4.84 Å². The van der Waals surface area contributed by atoms with E-state index in [1.54, 1.807) is 12.1 Å². The maximum Gasteiger partial charge on any atom is 0.243 e. The lowest BCUT2D eigenvalue weighted by atomic mass is 9.87. The fourth-order valence-electron chi connectivity index (χ4n) is 2.14. The molecule has 0 radical (unpaired) electrons. The van der Waals surface area contributed by atoms with Gasteiger partial charge in [-0.2, -0.15) is 4.31 Å². The lowest BCUT2D eigenvalue weighted by molar-refractivity contribution is 0.251. The molecular formula is C13H19ClN2O2S. The molecular weight excluding hydrogens is 284 g/mol. The van der Waals surface area contributed by atoms with Crippen LogP contribution in [0, 0.1) is 5.41 Å². The minimum atomic E-state index is -3.38. The molecule has 0 spiro atoms. The number of benzene rings is 1. The smallest absolute Gasteiger partial charge is 0.229 e. The molecule has 0 saturated heterocycles. The highest BCUT2D eigenvalue weighted by Crippen LogP contribution is 2.31. The molecule has 1 aliphatic rings. The highest BCUT2D eigenvalue weighted by molar-refractivity contribution is 7.89. The zero-order valence-corrected chi connectivity index (χ0v) is 12.9. The topological polar surface area (TPSA) is 49.4 Å². The van der Waals surface area contributed by atoms with Gasteiger partial charge in [0.15, 0.2) is 0 Å². The second kappa shape index (κ2) is 5.05. The van der Waals surface area contributed by atoms with E-state index in [-0.39, 0.29) is 11.5 Å². The Kier molecular flexibility index (Phi) is 3.93. The van der Waals surface area contributed by atoms with Gasteiger partial charge in [0.25, 0.3) is 0 Å². The number of fused-ring (bicyclic) bond motifs is 1. The summed E-state index contributed by atoms with van der Waals surface area (Å²) in [6.45, 7) is 6.88. The summed E-state index contributed by atoms with van der Waals surface area (Å²) in [5.74, 6) is 0. The van der Waals surface area contributed by atoms with Crippen molar-refractivity contribution in [3.63, 3.8) is 0 Å². The van der Waals surface area contributed by atoms with E-state index in [4.69, 9.17) is 11.8 Å². The normalized spacial score (nSPS) is 20.2. The van der Waals surface area contributed by atoms with Crippen molar-refractivity contribution in [3.05, 3.63) is 29.8 Å². The van der Waals surface area contributed by atoms with Crippen molar-refractivity contribution in [2.45, 2.75) is 38.3 Å². The molecule has 106 valence electrons. The average molecular weight is 303 g/mol. The molecule has 1 aliphatic heterocycles. The van der Waals surface area contributed by atoms with Crippen LogP contribution in [0.3, 0.4) is 0 Å². The number of hydrogen-bond acceptors (Lipinski definition) is 3. The van der Waals surface area contributed by atoms with Gasteiger partial charge in [-0.25, -0.2) is 13.3 Å². The number of nitrogens with one attached hydrogen (secondary N) is 1. The van der Waals surface area contributed by atoms with Crippen molar-refractivity contribution < 1.29 is 8.42 Å². The second-order valence-corrected chi connectivity index (χ2v) is 8.06. The largest absolute Gasteiger partial charge is 0.243 e. The number of sulfonamides is 1. The van der Waals surface area contributed by atoms with Gasteiger partial charge < -0.3 is 0 Å². The van der Waals surface area contributed by atoms with Crippen molar-refractivity contribution >= 4 is 21.8 Å². The van der Waals surface area contributed by atoms with E-state index in [1.807, 2.05) is 32.9 Å². The molecule has 4 nitrogen and oxygen atoms in total. The van der Waals surface area contributed by atoms with Crippen LogP contribution in [0.2, 0.25) is 0 Å². The summed E-state index contributed by atoms with van der Waals surface area (Å²) in [4.78, 5) is 3.11. The summed E-state index contributed by atoms with van der Waals surface area (Å²) >= 11 is 5.76. The Bertz CT molecular complexity index is 566. The van der Waals surface area contributed by atoms with Crippen LogP contribution in [0.25, 0.3) is 0 Å². The van der Waals surface area contributed by atoms with E-state index in [1.165, 1.54) is 4.31 Å². The first-order chi connectivity index (χ1) is 8.76. The van der Waals surface area contributed by atoms with Gasteiger partial charge in [-0.15, -0.1) is 0 Å². The molecule has 0 amide bonds. The standard InChI is InChI=1S/C13H19ClN2O2S/c1-13(2,3)12(15-14)9-16-8-10-6-4-5-7-11(10)19(16,17)18/h4-7,12,15H,8-9H2,1-3H3/t12-/m1/s1. The van der Waals surface area contributed by atoms with Crippen LogP contribution >= 0.6 is 11.8 Å². The van der Waals surface area contributed by atoms with Crippen LogP contribution in [0.4, 0.5) is 0 Å². The van der Waals surface area contributed by atoms with Crippen molar-refractivity contribution in [2.24, 2.45) is 5.41 Å². The summed E-state index contributed by atoms with van der Waals surface area (Å²) in [5, 5.41) is 0. The van der Waals surface area contributed by atoms with Crippen LogP contribution in [-0.2, 0) is 16.6 Å². The monoisotopic (exact) mass is 302 g/mol. The van der Waals surface area contributed by atoms with Crippen molar-refractivity contribution in [2.75, 3.05) is 6.54 Å². The highest BCUT2D eigenvalue weighted by Gasteiger charge is 2.37. The number of nitrogens with zero attached hydrogens (tertiary/aromatic N) is 1. The molecule has 0 aromatic heterocycles. The Balaban J connectivity index is 2.26. The Morgan fingerprint density at radius 3 is 2.53 bits per heavy atom. The average Bonchev–Trinajstić information content (AvgIpc) is 2.57. The van der Waals surface area contributed by atoms with Gasteiger partial charge in [0.05, 0.1) is 4.90 Å². The predicted molar refractivity (Wildman–Crippen MR) is 76.3 cm³/mol. The Hall–Kier alpha value is -0.620. The first-order valence-electron chi connectivity index (χ1n) is 6.21. The van der Waals surface area contributed by atoms with E-state index in [0.717, 1.165) is 5.56 Å². The fourth-order valence-corrected chi connectivity index (χ4v) is 4.18. The summed E-state index contributed by atoms with van der Waals surface area (Å²) in [6.07, 6.45) is 0. The van der Waals surface area contributed by atoms with Gasteiger partial charge in [0, 0.05) is 19.1 Å². The van der Waals surface area contributed by atoms with E-state index >= 15 is 0 Å². The maximum atomic E-state index is 12.4. The van der Waals surface area contributed by atoms with Crippen molar-refractivity contribution in [1.82, 2.24) is 9.14 Å². The molecule has 0 saturated carbocycles. The Morgan fingerprint density at radius 2 is 2.00 bits per heavy atom. The van der Waals surface area contributed by atoms with Crippen LogP contribution in [0.1, 0.15) is 26.3 Å². The second-order valence-electron chi connectivity index (χ2n) is 5.93. The van der Waals surface area contributed by atoms with E-state index in [9.17, 15) is 8.42 Å². The summed E-state index contributed by atoms with van der Waals surface area (Å²) in [6, 6.07) is 7.01. The molecule has 1 atom stereocenters. The molecule has 1 heterocycles. The number of hydrogen-bond donors (Lipinski definition) is 1. The lowest BCUT2D eigenvalue weighted by Crippen LogP contribution is -2.45. The Labute approximate surface area is 119 Å². The third kappa shape index (κ3) is 2.79. The van der Waals surface area contributed by atoms with Gasteiger partial charge >= 0.3 is 0 Å². The summed E-state index contributed by atoms with van der Waals surface area (Å²) < 4.78 is 26.3. The van der Waals surface area contributed by atoms with Gasteiger partial charge in [-0.3, -0.25) is 0 Å². The molecule has 0 bridgehead atoms. The molecule has 1 aromatic rings. The zero-order valence-electron chi connectivity index (χ0n) is 11.4. The third-order valence-corrected chi connectivity index (χ3v) is 5.68. The molecule has 0 unspecified atom stereocenters. The molecule has 1 aromatic carbocycles. The quantitative estimate of drug-likeness (QED) is 0.872. The highest BCUT2D eigenvalue weighted by atomic mass is 35.5. The van der Waals surface area contributed by atoms with Crippen molar-refractivity contribution in [1.29, 1.82) is 0 Å². The lowest BCUT2D eigenvalue weighted by Gasteiger charge is -2.31. The third-order valence-electron chi connectivity index (χ3n) is 3.50. The molecule has 0 fully saturated rings. The molecule has 0 aliphatic carbocycles. The van der Waals surface area contributed by atoms with E-state index in [0.29, 0.717) is 18.0 Å². The van der Waals surface area contributed by atoms with Crippen LogP contribution in [0.5, 0.6) is 0 Å². The molecule has 6 heteroatoms. The van der Waals surface area contributed by atoms with E-state index < -0.39 is 10.0 Å². The van der Waals surface area contributed by atoms with Gasteiger partial charge in [-0.05, 0) is 28.8 Å². The van der Waals surface area contributed by atoms with Crippen molar-refractivity contribution in [3.8, 4) is 0 Å². The maximum absolute atomic E-state index is 12.4. The van der Waals surface area contributed by atoms with Gasteiger partial charge in [0.2, 0.25) is 10.0 Å². The molecule has 19 heavy (non-hydrogen) atoms. The summed E-state index contributed by atoms with van der Waals surface area (Å²) in [5.41, 5.74) is 0.733. The van der Waals surface area contributed by atoms with Crippen LogP contribution in [0.15, 0.2) is 29.2 Å². The predicted octanol–water partition coefficient (Wildman–Crippen LogP) is 2.35. The number of rotatable bonds is 3. The first-order valence-corrected chi connectivity index (χ1v) is 8.03. The van der Waals surface area contributed by atoms with Crippen LogP contribution < -0.4 is 4.84 Å². The first kappa shape index (κ1) is 14.8. The molecule has 2 rings (SSSR count). The van der Waals surface area contributed by atoms with Gasteiger partial charge in [-0.1, -0.05) is 39.0 Å². The minimum Gasteiger partial charge on any atom is -0.229 e. The zero-order chi connectivity index (χ0) is 14.3. The minimum absolute atomic E-state index is 0.113. The fraction of sp³-hybridized carbons (Fsp3) is 0.538. The number of halogens is 1. The molecule has 1 N–H and O–H groups in total. The SMILES string of the molecule is CC(C)(C)[C@@H](CN1Cc2ccccc2S1(=O)=O)NCl.